The predicted octanol–water partition coefficient (Wildman–Crippen LogP) is 2.49. The lowest BCUT2D eigenvalue weighted by atomic mass is 10.2. The molecule has 0 bridgehead atoms. The lowest BCUT2D eigenvalue weighted by Gasteiger charge is -2.40. The van der Waals surface area contributed by atoms with Gasteiger partial charge in [-0.15, -0.1) is 11.6 Å². The van der Waals surface area contributed by atoms with Gasteiger partial charge in [0.25, 0.3) is 0 Å². The van der Waals surface area contributed by atoms with Crippen LogP contribution in [0.2, 0.25) is 0 Å². The Hall–Kier alpha value is -1.01. The standard InChI is InChI=1S/C16H29ClN2O4/c1-15(2,3)22-13(20)11-18-7-8-19(10-12(18)9-17)14(21)23-16(4,5)6/h12H,7-11H2,1-6H3. The molecule has 6 nitrogen and oxygen atoms in total. The van der Waals surface area contributed by atoms with Crippen molar-refractivity contribution >= 4 is 23.7 Å². The number of amides is 1. The Kier molecular flexibility index (Phi) is 6.71. The fourth-order valence-electron chi connectivity index (χ4n) is 2.28. The molecule has 1 aliphatic heterocycles. The second kappa shape index (κ2) is 7.71. The van der Waals surface area contributed by atoms with E-state index in [-0.39, 0.29) is 24.6 Å². The Balaban J connectivity index is 2.59. The summed E-state index contributed by atoms with van der Waals surface area (Å²) in [6.45, 7) is 12.7. The minimum Gasteiger partial charge on any atom is -0.459 e. The quantitative estimate of drug-likeness (QED) is 0.579. The Morgan fingerprint density at radius 2 is 1.61 bits per heavy atom. The molecule has 1 atom stereocenters. The predicted molar refractivity (Wildman–Crippen MR) is 89.7 cm³/mol. The van der Waals surface area contributed by atoms with Crippen molar-refractivity contribution in [3.63, 3.8) is 0 Å². The zero-order valence-corrected chi connectivity index (χ0v) is 15.8. The molecule has 1 aliphatic rings. The third-order valence-electron chi connectivity index (χ3n) is 3.19. The fourth-order valence-corrected chi connectivity index (χ4v) is 2.57. The van der Waals surface area contributed by atoms with Gasteiger partial charge >= 0.3 is 12.1 Å². The number of carbonyl (C=O) groups is 2. The molecule has 0 aliphatic carbocycles. The fraction of sp³-hybridized carbons (Fsp3) is 0.875. The first-order valence-corrected chi connectivity index (χ1v) is 8.44. The van der Waals surface area contributed by atoms with Gasteiger partial charge < -0.3 is 14.4 Å². The van der Waals surface area contributed by atoms with E-state index in [1.54, 1.807) is 4.90 Å². The molecule has 1 unspecified atom stereocenters. The van der Waals surface area contributed by atoms with Gasteiger partial charge in [-0.25, -0.2) is 4.79 Å². The molecule has 0 spiro atoms. The van der Waals surface area contributed by atoms with Gasteiger partial charge in [-0.2, -0.15) is 0 Å². The van der Waals surface area contributed by atoms with Crippen LogP contribution >= 0.6 is 11.6 Å². The lowest BCUT2D eigenvalue weighted by Crippen LogP contribution is -2.57. The molecule has 0 saturated carbocycles. The van der Waals surface area contributed by atoms with Crippen molar-refractivity contribution < 1.29 is 19.1 Å². The monoisotopic (exact) mass is 348 g/mol. The summed E-state index contributed by atoms with van der Waals surface area (Å²) in [7, 11) is 0. The van der Waals surface area contributed by atoms with E-state index >= 15 is 0 Å². The first-order chi connectivity index (χ1) is 10.4. The average Bonchev–Trinajstić information content (AvgIpc) is 2.34. The Labute approximate surface area is 144 Å². The normalized spacial score (nSPS) is 20.3. The smallest absolute Gasteiger partial charge is 0.410 e. The van der Waals surface area contributed by atoms with E-state index in [1.807, 2.05) is 46.4 Å². The summed E-state index contributed by atoms with van der Waals surface area (Å²) >= 11 is 6.02. The molecule has 1 heterocycles. The van der Waals surface area contributed by atoms with Crippen molar-refractivity contribution in [3.05, 3.63) is 0 Å². The molecule has 134 valence electrons. The number of piperazine rings is 1. The van der Waals surface area contributed by atoms with Crippen molar-refractivity contribution in [2.24, 2.45) is 0 Å². The van der Waals surface area contributed by atoms with Crippen molar-refractivity contribution in [2.45, 2.75) is 58.8 Å². The minimum absolute atomic E-state index is 0.0922. The van der Waals surface area contributed by atoms with Gasteiger partial charge in [-0.05, 0) is 41.5 Å². The van der Waals surface area contributed by atoms with E-state index in [0.29, 0.717) is 25.5 Å². The highest BCUT2D eigenvalue weighted by Crippen LogP contribution is 2.16. The summed E-state index contributed by atoms with van der Waals surface area (Å²) in [5, 5.41) is 0. The number of alkyl halides is 1. The van der Waals surface area contributed by atoms with Crippen molar-refractivity contribution in [2.75, 3.05) is 32.1 Å². The van der Waals surface area contributed by atoms with Crippen molar-refractivity contribution in [1.82, 2.24) is 9.80 Å². The Morgan fingerprint density at radius 1 is 1.04 bits per heavy atom. The van der Waals surface area contributed by atoms with Crippen LogP contribution in [0.1, 0.15) is 41.5 Å². The van der Waals surface area contributed by atoms with Crippen molar-refractivity contribution in [3.8, 4) is 0 Å². The summed E-state index contributed by atoms with van der Waals surface area (Å²) in [5.41, 5.74) is -1.03. The molecule has 23 heavy (non-hydrogen) atoms. The molecule has 1 rings (SSSR count). The number of halogens is 1. The highest BCUT2D eigenvalue weighted by atomic mass is 35.5. The molecule has 0 aromatic carbocycles. The van der Waals surface area contributed by atoms with E-state index in [2.05, 4.69) is 0 Å². The third kappa shape index (κ3) is 7.40. The molecule has 1 saturated heterocycles. The number of hydrogen-bond acceptors (Lipinski definition) is 5. The van der Waals surface area contributed by atoms with Gasteiger partial charge in [-0.3, -0.25) is 9.69 Å². The van der Waals surface area contributed by atoms with Crippen LogP contribution in [-0.4, -0.2) is 71.2 Å². The highest BCUT2D eigenvalue weighted by molar-refractivity contribution is 6.18. The highest BCUT2D eigenvalue weighted by Gasteiger charge is 2.33. The topological polar surface area (TPSA) is 59.1 Å². The van der Waals surface area contributed by atoms with Gasteiger partial charge in [-0.1, -0.05) is 0 Å². The second-order valence-electron chi connectivity index (χ2n) is 7.79. The van der Waals surface area contributed by atoms with E-state index in [0.717, 1.165) is 0 Å². The van der Waals surface area contributed by atoms with Crippen molar-refractivity contribution in [1.29, 1.82) is 0 Å². The lowest BCUT2D eigenvalue weighted by molar-refractivity contribution is -0.157. The summed E-state index contributed by atoms with van der Waals surface area (Å²) in [5.74, 6) is 0.0561. The zero-order valence-electron chi connectivity index (χ0n) is 15.0. The molecule has 1 amide bonds. The van der Waals surface area contributed by atoms with Crippen LogP contribution in [0.15, 0.2) is 0 Å². The van der Waals surface area contributed by atoms with Crippen LogP contribution in [0.4, 0.5) is 4.79 Å². The molecule has 0 radical (unpaired) electrons. The first kappa shape index (κ1) is 20.0. The molecular formula is C16H29ClN2O4. The maximum atomic E-state index is 12.1. The maximum absolute atomic E-state index is 12.1. The molecule has 1 fully saturated rings. The van der Waals surface area contributed by atoms with Gasteiger partial charge in [0, 0.05) is 31.6 Å². The van der Waals surface area contributed by atoms with Crippen LogP contribution in [0.3, 0.4) is 0 Å². The number of nitrogens with zero attached hydrogens (tertiary/aromatic N) is 2. The summed E-state index contributed by atoms with van der Waals surface area (Å²) < 4.78 is 10.7. The van der Waals surface area contributed by atoms with Gasteiger partial charge in [0.2, 0.25) is 0 Å². The van der Waals surface area contributed by atoms with Gasteiger partial charge in [0.1, 0.15) is 11.2 Å². The van der Waals surface area contributed by atoms with Crippen LogP contribution in [-0.2, 0) is 14.3 Å². The maximum Gasteiger partial charge on any atom is 0.410 e. The zero-order chi connectivity index (χ0) is 17.8. The van der Waals surface area contributed by atoms with Gasteiger partial charge in [0.05, 0.1) is 6.54 Å². The number of rotatable bonds is 3. The van der Waals surface area contributed by atoms with E-state index < -0.39 is 11.2 Å². The second-order valence-corrected chi connectivity index (χ2v) is 8.10. The van der Waals surface area contributed by atoms with E-state index in [1.165, 1.54) is 0 Å². The largest absolute Gasteiger partial charge is 0.459 e. The Morgan fingerprint density at radius 3 is 2.09 bits per heavy atom. The molecule has 0 aromatic heterocycles. The molecule has 7 heteroatoms. The Bertz CT molecular complexity index is 429. The number of esters is 1. The van der Waals surface area contributed by atoms with E-state index in [9.17, 15) is 9.59 Å². The number of ether oxygens (including phenoxy) is 2. The summed E-state index contributed by atoms with van der Waals surface area (Å²) in [6, 6.07) is -0.0922. The first-order valence-electron chi connectivity index (χ1n) is 7.91. The number of carbonyl (C=O) groups excluding carboxylic acids is 2. The van der Waals surface area contributed by atoms with Crippen LogP contribution in [0, 0.1) is 0 Å². The SMILES string of the molecule is CC(C)(C)OC(=O)CN1CCN(C(=O)OC(C)(C)C)CC1CCl. The number of hydrogen-bond donors (Lipinski definition) is 0. The van der Waals surface area contributed by atoms with Crippen LogP contribution in [0.5, 0.6) is 0 Å². The minimum atomic E-state index is -0.527. The third-order valence-corrected chi connectivity index (χ3v) is 3.54. The van der Waals surface area contributed by atoms with Crippen LogP contribution in [0.25, 0.3) is 0 Å². The molecular weight excluding hydrogens is 320 g/mol. The van der Waals surface area contributed by atoms with E-state index in [4.69, 9.17) is 21.1 Å². The summed E-state index contributed by atoms with van der Waals surface area (Å²) in [6.07, 6.45) is -0.343. The molecule has 0 N–H and O–H groups in total. The van der Waals surface area contributed by atoms with Crippen LogP contribution < -0.4 is 0 Å². The van der Waals surface area contributed by atoms with Gasteiger partial charge in [0.15, 0.2) is 0 Å². The average molecular weight is 349 g/mol. The summed E-state index contributed by atoms with van der Waals surface area (Å²) in [4.78, 5) is 27.7. The molecule has 0 aromatic rings.